The van der Waals surface area contributed by atoms with E-state index in [1.54, 1.807) is 13.3 Å². The fourth-order valence-corrected chi connectivity index (χ4v) is 4.81. The summed E-state index contributed by atoms with van der Waals surface area (Å²) in [7, 11) is 1.57. The zero-order chi connectivity index (χ0) is 25.0. The van der Waals surface area contributed by atoms with Crippen molar-refractivity contribution in [3.8, 4) is 11.4 Å². The number of hydrogen-bond acceptors (Lipinski definition) is 7. The summed E-state index contributed by atoms with van der Waals surface area (Å²) in [6.07, 6.45) is 9.93. The van der Waals surface area contributed by atoms with Gasteiger partial charge in [-0.05, 0) is 56.9 Å². The molecule has 3 aromatic heterocycles. The number of aromatic amines is 1. The smallest absolute Gasteiger partial charge is 0.232 e. The Labute approximate surface area is 211 Å². The molecule has 0 amide bonds. The minimum absolute atomic E-state index is 0.167. The summed E-state index contributed by atoms with van der Waals surface area (Å²) in [5, 5.41) is 10.5. The van der Waals surface area contributed by atoms with Gasteiger partial charge < -0.3 is 14.8 Å². The van der Waals surface area contributed by atoms with Gasteiger partial charge in [0.2, 0.25) is 5.95 Å². The third-order valence-corrected chi connectivity index (χ3v) is 7.25. The van der Waals surface area contributed by atoms with E-state index in [1.807, 2.05) is 25.5 Å². The van der Waals surface area contributed by atoms with Crippen molar-refractivity contribution in [1.82, 2.24) is 29.7 Å². The average Bonchev–Trinajstić information content (AvgIpc) is 3.79. The lowest BCUT2D eigenvalue weighted by Crippen LogP contribution is -2.18. The van der Waals surface area contributed by atoms with Crippen LogP contribution in [0.25, 0.3) is 11.4 Å². The van der Waals surface area contributed by atoms with Gasteiger partial charge in [-0.15, -0.1) is 11.8 Å². The summed E-state index contributed by atoms with van der Waals surface area (Å²) in [4.78, 5) is 16.1. The van der Waals surface area contributed by atoms with Gasteiger partial charge in [-0.3, -0.25) is 5.10 Å². The molecule has 4 aromatic rings. The van der Waals surface area contributed by atoms with Crippen LogP contribution in [0, 0.1) is 18.6 Å². The van der Waals surface area contributed by atoms with Crippen molar-refractivity contribution >= 4 is 35.0 Å². The molecular weight excluding hydrogens is 482 g/mol. The summed E-state index contributed by atoms with van der Waals surface area (Å²) in [5.41, 5.74) is 3.04. The molecular formula is C25H26F2N8S. The molecule has 0 spiro atoms. The van der Waals surface area contributed by atoms with E-state index in [2.05, 4.69) is 25.1 Å². The molecule has 0 radical (unpaired) electrons. The topological polar surface area (TPSA) is 87.5 Å². The van der Waals surface area contributed by atoms with Crippen molar-refractivity contribution in [1.29, 1.82) is 0 Å². The Balaban J connectivity index is 1.50. The Morgan fingerprint density at radius 1 is 1.11 bits per heavy atom. The first-order valence-electron chi connectivity index (χ1n) is 11.9. The molecule has 0 aliphatic heterocycles. The van der Waals surface area contributed by atoms with Crippen molar-refractivity contribution in [2.45, 2.75) is 49.5 Å². The van der Waals surface area contributed by atoms with Gasteiger partial charge in [-0.2, -0.15) is 10.1 Å². The van der Waals surface area contributed by atoms with E-state index in [1.165, 1.54) is 28.8 Å². The van der Waals surface area contributed by atoms with Gasteiger partial charge in [0.1, 0.15) is 22.9 Å². The second-order valence-corrected chi connectivity index (χ2v) is 10.3. The number of aromatic nitrogens is 6. The van der Waals surface area contributed by atoms with Crippen LogP contribution >= 0.6 is 11.8 Å². The number of aryl methyl sites for hydroxylation is 1. The van der Waals surface area contributed by atoms with Gasteiger partial charge in [-0.1, -0.05) is 0 Å². The highest BCUT2D eigenvalue weighted by atomic mass is 32.2. The monoisotopic (exact) mass is 508 g/mol. The third kappa shape index (κ3) is 4.32. The van der Waals surface area contributed by atoms with Gasteiger partial charge in [0.25, 0.3) is 0 Å². The lowest BCUT2D eigenvalue weighted by atomic mass is 10.1. The summed E-state index contributed by atoms with van der Waals surface area (Å²) in [6, 6.07) is 5.00. The van der Waals surface area contributed by atoms with Crippen LogP contribution in [0.2, 0.25) is 0 Å². The predicted octanol–water partition coefficient (Wildman–Crippen LogP) is 6.10. The number of halogens is 2. The van der Waals surface area contributed by atoms with E-state index in [4.69, 9.17) is 9.97 Å². The molecule has 0 unspecified atom stereocenters. The first kappa shape index (κ1) is 23.0. The summed E-state index contributed by atoms with van der Waals surface area (Å²) in [6.45, 7) is 1.92. The normalized spacial score (nSPS) is 15.4. The number of nitrogens with zero attached hydrogens (tertiary/aromatic N) is 6. The maximum atomic E-state index is 15.0. The fraction of sp³-hybridized carbons (Fsp3) is 0.360. The average molecular weight is 509 g/mol. The number of H-pyrrole nitrogens is 1. The van der Waals surface area contributed by atoms with Crippen LogP contribution in [0.15, 0.2) is 35.6 Å². The van der Waals surface area contributed by atoms with E-state index in [0.29, 0.717) is 28.3 Å². The summed E-state index contributed by atoms with van der Waals surface area (Å²) < 4.78 is 32.2. The molecule has 0 bridgehead atoms. The standard InChI is InChI=1S/C25H26F2N8S/c1-13-8-20(33-32-13)29-24-21(14-4-5-14)22(19-11-35(12-28-19)15-6-7-15)30-25(31-24)34(2)23-17(26)9-16(36-3)10-18(23)27/h8-12,14-15H,4-7H2,1-3H3,(H2,29,30,31,32,33). The van der Waals surface area contributed by atoms with Crippen molar-refractivity contribution in [2.75, 3.05) is 23.5 Å². The Bertz CT molecular complexity index is 1420. The highest BCUT2D eigenvalue weighted by Gasteiger charge is 2.34. The molecule has 2 fully saturated rings. The van der Waals surface area contributed by atoms with E-state index < -0.39 is 11.6 Å². The maximum absolute atomic E-state index is 15.0. The molecule has 11 heteroatoms. The van der Waals surface area contributed by atoms with Gasteiger partial charge in [-0.25, -0.2) is 18.7 Å². The summed E-state index contributed by atoms with van der Waals surface area (Å²) >= 11 is 1.28. The van der Waals surface area contributed by atoms with Crippen LogP contribution < -0.4 is 10.2 Å². The Hall–Kier alpha value is -3.47. The number of hydrogen-bond donors (Lipinski definition) is 2. The minimum atomic E-state index is -0.672. The van der Waals surface area contributed by atoms with Crippen LogP contribution in [0.3, 0.4) is 0 Å². The molecule has 6 rings (SSSR count). The SMILES string of the molecule is CSc1cc(F)c(N(C)c2nc(Nc3cc(C)[nH]n3)c(C3CC3)c(-c3cn(C4CC4)cn3)n2)c(F)c1. The number of nitrogens with one attached hydrogen (secondary N) is 2. The van der Waals surface area contributed by atoms with Crippen LogP contribution in [-0.2, 0) is 0 Å². The van der Waals surface area contributed by atoms with Crippen molar-refractivity contribution in [2.24, 2.45) is 0 Å². The van der Waals surface area contributed by atoms with Gasteiger partial charge in [0.15, 0.2) is 17.5 Å². The molecule has 2 saturated carbocycles. The highest BCUT2D eigenvalue weighted by Crippen LogP contribution is 2.48. The second kappa shape index (κ2) is 8.88. The molecule has 2 aliphatic carbocycles. The largest absolute Gasteiger partial charge is 0.334 e. The number of thioether (sulfide) groups is 1. The summed E-state index contributed by atoms with van der Waals surface area (Å²) in [5.74, 6) is 0.279. The molecule has 36 heavy (non-hydrogen) atoms. The van der Waals surface area contributed by atoms with Crippen molar-refractivity contribution < 1.29 is 8.78 Å². The molecule has 3 heterocycles. The van der Waals surface area contributed by atoms with Crippen molar-refractivity contribution in [3.05, 3.63) is 53.6 Å². The Kier molecular flexibility index (Phi) is 5.66. The van der Waals surface area contributed by atoms with Gasteiger partial charge in [0.05, 0.1) is 6.33 Å². The first-order valence-corrected chi connectivity index (χ1v) is 13.1. The van der Waals surface area contributed by atoms with E-state index in [-0.39, 0.29) is 17.6 Å². The van der Waals surface area contributed by atoms with E-state index in [0.717, 1.165) is 42.6 Å². The van der Waals surface area contributed by atoms with Crippen LogP contribution in [0.4, 0.5) is 32.1 Å². The third-order valence-electron chi connectivity index (χ3n) is 6.55. The maximum Gasteiger partial charge on any atom is 0.232 e. The molecule has 2 N–H and O–H groups in total. The minimum Gasteiger partial charge on any atom is -0.334 e. The van der Waals surface area contributed by atoms with Gasteiger partial charge in [0, 0.05) is 41.5 Å². The fourth-order valence-electron chi connectivity index (χ4n) is 4.37. The molecule has 2 aliphatic rings. The Morgan fingerprint density at radius 3 is 2.47 bits per heavy atom. The zero-order valence-electron chi connectivity index (χ0n) is 20.2. The molecule has 0 atom stereocenters. The van der Waals surface area contributed by atoms with Crippen LogP contribution in [-0.4, -0.2) is 43.0 Å². The zero-order valence-corrected chi connectivity index (χ0v) is 21.0. The quantitative estimate of drug-likeness (QED) is 0.278. The predicted molar refractivity (Wildman–Crippen MR) is 136 cm³/mol. The molecule has 0 saturated heterocycles. The number of benzene rings is 1. The lowest BCUT2D eigenvalue weighted by molar-refractivity contribution is 0.577. The molecule has 1 aromatic carbocycles. The van der Waals surface area contributed by atoms with Crippen LogP contribution in [0.5, 0.6) is 0 Å². The number of rotatable bonds is 8. The van der Waals surface area contributed by atoms with Gasteiger partial charge >= 0.3 is 0 Å². The van der Waals surface area contributed by atoms with Crippen LogP contribution in [0.1, 0.15) is 48.9 Å². The Morgan fingerprint density at radius 2 is 1.86 bits per heavy atom. The number of imidazole rings is 1. The van der Waals surface area contributed by atoms with E-state index >= 15 is 8.78 Å². The number of anilines is 4. The molecule has 8 nitrogen and oxygen atoms in total. The van der Waals surface area contributed by atoms with E-state index in [9.17, 15) is 0 Å². The molecule has 186 valence electrons. The van der Waals surface area contributed by atoms with Crippen molar-refractivity contribution in [3.63, 3.8) is 0 Å². The first-order chi connectivity index (χ1) is 17.4. The lowest BCUT2D eigenvalue weighted by Gasteiger charge is -2.22. The highest BCUT2D eigenvalue weighted by molar-refractivity contribution is 7.98. The second-order valence-electron chi connectivity index (χ2n) is 9.41.